The van der Waals surface area contributed by atoms with Crippen LogP contribution in [0.1, 0.15) is 48.2 Å². The highest BCUT2D eigenvalue weighted by Gasteiger charge is 2.19. The number of carboxylic acids is 1. The van der Waals surface area contributed by atoms with Crippen LogP contribution in [-0.2, 0) is 6.42 Å². The van der Waals surface area contributed by atoms with Crippen molar-refractivity contribution in [3.8, 4) is 22.9 Å². The molecule has 0 saturated carbocycles. The van der Waals surface area contributed by atoms with Gasteiger partial charge in [0.25, 0.3) is 0 Å². The van der Waals surface area contributed by atoms with E-state index in [1.807, 2.05) is 24.3 Å². The summed E-state index contributed by atoms with van der Waals surface area (Å²) in [6.07, 6.45) is 2.13. The van der Waals surface area contributed by atoms with E-state index >= 15 is 0 Å². The number of carbonyl (C=O) groups is 1. The third-order valence-corrected chi connectivity index (χ3v) is 6.25. The van der Waals surface area contributed by atoms with Crippen molar-refractivity contribution in [1.82, 2.24) is 5.32 Å². The summed E-state index contributed by atoms with van der Waals surface area (Å²) in [5, 5.41) is 33.2. The molecule has 3 N–H and O–H groups in total. The van der Waals surface area contributed by atoms with Crippen molar-refractivity contribution in [3.63, 3.8) is 0 Å². The minimum Gasteiger partial charge on any atom is -0.489 e. The topological polar surface area (TPSA) is 103 Å². The fourth-order valence-electron chi connectivity index (χ4n) is 3.83. The molecule has 7 heteroatoms. The van der Waals surface area contributed by atoms with Gasteiger partial charge in [0, 0.05) is 17.1 Å². The highest BCUT2D eigenvalue weighted by Crippen LogP contribution is 2.27. The molecule has 3 aromatic rings. The molecule has 3 rings (SSSR count). The Bertz CT molecular complexity index is 1200. The van der Waals surface area contributed by atoms with Crippen molar-refractivity contribution in [3.05, 3.63) is 88.4 Å². The first kappa shape index (κ1) is 27.2. The molecular weight excluding hydrogens is 476 g/mol. The average molecular weight is 507 g/mol. The zero-order chi connectivity index (χ0) is 26.1. The number of benzene rings is 3. The lowest BCUT2D eigenvalue weighted by Crippen LogP contribution is -2.44. The SMILES string of the molecule is CC(C)(CCCc1ccc(Cl)cc1)NC[C@@H](O)COc1cc(-c2ccc(C(=O)O)cc2)ccc1C#N. The van der Waals surface area contributed by atoms with Crippen LogP contribution >= 0.6 is 11.6 Å². The molecule has 0 bridgehead atoms. The van der Waals surface area contributed by atoms with Crippen LogP contribution in [0.2, 0.25) is 5.02 Å². The molecule has 188 valence electrons. The average Bonchev–Trinajstić information content (AvgIpc) is 2.87. The molecule has 0 aliphatic rings. The molecule has 0 aliphatic heterocycles. The first-order valence-electron chi connectivity index (χ1n) is 11.8. The second-order valence-electron chi connectivity index (χ2n) is 9.41. The fourth-order valence-corrected chi connectivity index (χ4v) is 3.96. The number of nitrogens with one attached hydrogen (secondary N) is 1. The Morgan fingerprint density at radius 3 is 2.39 bits per heavy atom. The van der Waals surface area contributed by atoms with Gasteiger partial charge in [0.1, 0.15) is 24.5 Å². The van der Waals surface area contributed by atoms with Gasteiger partial charge in [0.05, 0.1) is 11.1 Å². The number of aryl methyl sites for hydroxylation is 1. The molecule has 0 fully saturated rings. The summed E-state index contributed by atoms with van der Waals surface area (Å²) < 4.78 is 5.81. The molecule has 6 nitrogen and oxygen atoms in total. The summed E-state index contributed by atoms with van der Waals surface area (Å²) in [6, 6.07) is 21.7. The van der Waals surface area contributed by atoms with Gasteiger partial charge in [-0.2, -0.15) is 5.26 Å². The molecule has 0 unspecified atom stereocenters. The van der Waals surface area contributed by atoms with E-state index in [0.717, 1.165) is 35.4 Å². The summed E-state index contributed by atoms with van der Waals surface area (Å²) in [5.41, 5.74) is 3.24. The van der Waals surface area contributed by atoms with E-state index in [4.69, 9.17) is 21.4 Å². The van der Waals surface area contributed by atoms with Gasteiger partial charge in [-0.05, 0) is 86.2 Å². The van der Waals surface area contributed by atoms with Gasteiger partial charge in [-0.1, -0.05) is 41.9 Å². The number of halogens is 1. The Morgan fingerprint density at radius 2 is 1.75 bits per heavy atom. The molecule has 0 aromatic heterocycles. The van der Waals surface area contributed by atoms with Crippen molar-refractivity contribution in [2.45, 2.75) is 44.8 Å². The fraction of sp³-hybridized carbons (Fsp3) is 0.310. The molecule has 0 saturated heterocycles. The number of aromatic carboxylic acids is 1. The van der Waals surface area contributed by atoms with Crippen LogP contribution < -0.4 is 10.1 Å². The smallest absolute Gasteiger partial charge is 0.335 e. The first-order chi connectivity index (χ1) is 17.2. The number of hydrogen-bond donors (Lipinski definition) is 3. The largest absolute Gasteiger partial charge is 0.489 e. The number of nitriles is 1. The van der Waals surface area contributed by atoms with E-state index in [2.05, 4.69) is 25.2 Å². The lowest BCUT2D eigenvalue weighted by atomic mass is 9.95. The summed E-state index contributed by atoms with van der Waals surface area (Å²) >= 11 is 5.94. The van der Waals surface area contributed by atoms with Crippen LogP contribution in [0.5, 0.6) is 5.75 Å². The Balaban J connectivity index is 1.51. The molecular formula is C29H31ClN2O4. The molecule has 1 atom stereocenters. The van der Waals surface area contributed by atoms with E-state index in [-0.39, 0.29) is 17.7 Å². The van der Waals surface area contributed by atoms with E-state index < -0.39 is 12.1 Å². The predicted molar refractivity (Wildman–Crippen MR) is 142 cm³/mol. The van der Waals surface area contributed by atoms with Gasteiger partial charge in [0.15, 0.2) is 0 Å². The van der Waals surface area contributed by atoms with E-state index in [1.54, 1.807) is 30.3 Å². The Morgan fingerprint density at radius 1 is 1.08 bits per heavy atom. The van der Waals surface area contributed by atoms with Crippen molar-refractivity contribution >= 4 is 17.6 Å². The summed E-state index contributed by atoms with van der Waals surface area (Å²) in [6.45, 7) is 4.60. The number of hydrogen-bond acceptors (Lipinski definition) is 5. The van der Waals surface area contributed by atoms with Crippen LogP contribution in [-0.4, -0.2) is 41.0 Å². The van der Waals surface area contributed by atoms with Gasteiger partial charge in [0.2, 0.25) is 0 Å². The number of ether oxygens (including phenoxy) is 1. The van der Waals surface area contributed by atoms with Crippen LogP contribution in [0.3, 0.4) is 0 Å². The molecule has 0 aliphatic carbocycles. The lowest BCUT2D eigenvalue weighted by Gasteiger charge is -2.28. The van der Waals surface area contributed by atoms with Gasteiger partial charge in [-0.3, -0.25) is 0 Å². The predicted octanol–water partition coefficient (Wildman–Crippen LogP) is 5.71. The van der Waals surface area contributed by atoms with E-state index in [1.165, 1.54) is 17.7 Å². The maximum Gasteiger partial charge on any atom is 0.335 e. The van der Waals surface area contributed by atoms with Gasteiger partial charge in [-0.15, -0.1) is 0 Å². The van der Waals surface area contributed by atoms with Gasteiger partial charge < -0.3 is 20.3 Å². The van der Waals surface area contributed by atoms with Crippen molar-refractivity contribution in [1.29, 1.82) is 5.26 Å². The van der Waals surface area contributed by atoms with Crippen LogP contribution in [0.15, 0.2) is 66.7 Å². The summed E-state index contributed by atoms with van der Waals surface area (Å²) in [7, 11) is 0. The van der Waals surface area contributed by atoms with Crippen molar-refractivity contribution < 1.29 is 19.7 Å². The number of aliphatic hydroxyl groups excluding tert-OH is 1. The quantitative estimate of drug-likeness (QED) is 0.291. The van der Waals surface area contributed by atoms with Gasteiger partial charge >= 0.3 is 5.97 Å². The number of β-amino-alcohol motifs (C(OH)–C–C–N with tert-alkyl or cyclic N) is 1. The summed E-state index contributed by atoms with van der Waals surface area (Å²) in [5.74, 6) is -0.615. The molecule has 0 amide bonds. The minimum absolute atomic E-state index is 0.0317. The van der Waals surface area contributed by atoms with Gasteiger partial charge in [-0.25, -0.2) is 4.79 Å². The minimum atomic E-state index is -0.988. The highest BCUT2D eigenvalue weighted by atomic mass is 35.5. The molecule has 3 aromatic carbocycles. The number of carboxylic acid groups (broad SMARTS) is 1. The van der Waals surface area contributed by atoms with Crippen LogP contribution in [0, 0.1) is 11.3 Å². The monoisotopic (exact) mass is 506 g/mol. The van der Waals surface area contributed by atoms with Crippen molar-refractivity contribution in [2.75, 3.05) is 13.2 Å². The van der Waals surface area contributed by atoms with Crippen LogP contribution in [0.25, 0.3) is 11.1 Å². The van der Waals surface area contributed by atoms with Crippen LogP contribution in [0.4, 0.5) is 0 Å². The summed E-state index contributed by atoms with van der Waals surface area (Å²) in [4.78, 5) is 11.1. The second kappa shape index (κ2) is 12.5. The number of nitrogens with zero attached hydrogens (tertiary/aromatic N) is 1. The second-order valence-corrected chi connectivity index (χ2v) is 9.85. The zero-order valence-corrected chi connectivity index (χ0v) is 21.3. The molecule has 0 spiro atoms. The Labute approximate surface area is 217 Å². The maximum absolute atomic E-state index is 11.1. The lowest BCUT2D eigenvalue weighted by molar-refractivity contribution is 0.0697. The Hall–Kier alpha value is -3.37. The van der Waals surface area contributed by atoms with E-state index in [9.17, 15) is 15.2 Å². The normalized spacial score (nSPS) is 12.1. The molecule has 0 heterocycles. The molecule has 0 radical (unpaired) electrons. The molecule has 36 heavy (non-hydrogen) atoms. The van der Waals surface area contributed by atoms with E-state index in [0.29, 0.717) is 17.9 Å². The van der Waals surface area contributed by atoms with Crippen molar-refractivity contribution in [2.24, 2.45) is 0 Å². The Kier molecular flexibility index (Phi) is 9.49. The first-order valence-corrected chi connectivity index (χ1v) is 12.2. The third-order valence-electron chi connectivity index (χ3n) is 6.00. The highest BCUT2D eigenvalue weighted by molar-refractivity contribution is 6.30. The zero-order valence-electron chi connectivity index (χ0n) is 20.5. The number of rotatable bonds is 12. The number of aliphatic hydroxyl groups is 1. The standard InChI is InChI=1S/C29H31ClN2O4/c1-29(2,15-3-4-20-5-13-25(30)14-6-20)32-18-26(33)19-36-27-16-23(11-12-24(27)17-31)21-7-9-22(10-8-21)28(34)35/h5-14,16,26,32-33H,3-4,15,18-19H2,1-2H3,(H,34,35)/t26-/m1/s1. The third kappa shape index (κ3) is 8.10. The maximum atomic E-state index is 11.1.